The molecule has 0 saturated carbocycles. The molecule has 4 amide bonds. The van der Waals surface area contributed by atoms with Crippen molar-refractivity contribution in [3.05, 3.63) is 96.1 Å². The Kier molecular flexibility index (Phi) is 14.0. The fourth-order valence-electron chi connectivity index (χ4n) is 8.20. The highest BCUT2D eigenvalue weighted by atomic mass is 32.2. The van der Waals surface area contributed by atoms with E-state index in [-0.39, 0.29) is 31.1 Å². The summed E-state index contributed by atoms with van der Waals surface area (Å²) in [7, 11) is 1.56. The molecule has 3 aliphatic heterocycles. The zero-order chi connectivity index (χ0) is 39.7. The number of halogens is 3. The first-order valence-electron chi connectivity index (χ1n) is 19.7. The highest BCUT2D eigenvalue weighted by Gasteiger charge is 2.51. The van der Waals surface area contributed by atoms with E-state index >= 15 is 0 Å². The first-order valence-corrected chi connectivity index (χ1v) is 20.7. The van der Waals surface area contributed by atoms with Crippen molar-refractivity contribution >= 4 is 41.1 Å². The van der Waals surface area contributed by atoms with Crippen LogP contribution in [-0.4, -0.2) is 77.6 Å². The maximum atomic E-state index is 14.3. The lowest BCUT2D eigenvalue weighted by atomic mass is 9.86. The molecule has 3 saturated heterocycles. The van der Waals surface area contributed by atoms with Crippen LogP contribution in [0, 0.1) is 11.8 Å². The highest BCUT2D eigenvalue weighted by Crippen LogP contribution is 2.40. The number of anilines is 1. The summed E-state index contributed by atoms with van der Waals surface area (Å²) < 4.78 is 48.0. The molecule has 56 heavy (non-hydrogen) atoms. The van der Waals surface area contributed by atoms with E-state index in [0.717, 1.165) is 28.9 Å². The molecule has 0 aliphatic carbocycles. The van der Waals surface area contributed by atoms with Crippen molar-refractivity contribution in [2.24, 2.45) is 11.8 Å². The van der Waals surface area contributed by atoms with Crippen LogP contribution < -0.4 is 20.3 Å². The number of carbonyl (C=O) groups is 4. The van der Waals surface area contributed by atoms with Crippen LogP contribution in [-0.2, 0) is 32.0 Å². The first kappa shape index (κ1) is 41.1. The zero-order valence-corrected chi connectivity index (χ0v) is 32.5. The Labute approximate surface area is 331 Å². The van der Waals surface area contributed by atoms with Gasteiger partial charge in [-0.2, -0.15) is 13.2 Å². The van der Waals surface area contributed by atoms with Crippen LogP contribution >= 0.6 is 11.8 Å². The molecule has 300 valence electrons. The number of para-hydroxylation sites is 2. The Morgan fingerprint density at radius 3 is 1.91 bits per heavy atom. The predicted octanol–water partition coefficient (Wildman–Crippen LogP) is 7.09. The van der Waals surface area contributed by atoms with Gasteiger partial charge >= 0.3 is 6.18 Å². The number of alkyl halides is 3. The SMILES string of the molecule is COc1ccccc1N1CCCCC(NC(=O)C(CCC(Cc2ccccc2)C(=O)NC2CCSC3CCCC(C(F)(F)F)N3C2=O)Cc2ccccc2)C1=O. The van der Waals surface area contributed by atoms with E-state index in [0.29, 0.717) is 62.3 Å². The van der Waals surface area contributed by atoms with Crippen molar-refractivity contribution in [1.29, 1.82) is 0 Å². The quantitative estimate of drug-likeness (QED) is 0.192. The molecule has 13 heteroatoms. The summed E-state index contributed by atoms with van der Waals surface area (Å²) >= 11 is 1.34. The molecule has 3 aromatic rings. The van der Waals surface area contributed by atoms with Crippen LogP contribution in [0.3, 0.4) is 0 Å². The van der Waals surface area contributed by atoms with Crippen LogP contribution in [0.2, 0.25) is 0 Å². The minimum atomic E-state index is -4.56. The number of hydrogen-bond acceptors (Lipinski definition) is 6. The van der Waals surface area contributed by atoms with Crippen molar-refractivity contribution in [3.63, 3.8) is 0 Å². The van der Waals surface area contributed by atoms with Gasteiger partial charge in [-0.1, -0.05) is 72.8 Å². The Bertz CT molecular complexity index is 1800. The Hall–Kier alpha value is -4.52. The van der Waals surface area contributed by atoms with Gasteiger partial charge in [0.05, 0.1) is 18.2 Å². The molecule has 3 aromatic carbocycles. The van der Waals surface area contributed by atoms with Crippen molar-refractivity contribution in [1.82, 2.24) is 15.5 Å². The molecular weight excluding hydrogens is 742 g/mol. The average molecular weight is 793 g/mol. The summed E-state index contributed by atoms with van der Waals surface area (Å²) in [6.07, 6.45) is -0.393. The van der Waals surface area contributed by atoms with Gasteiger partial charge in [-0.05, 0) is 99.6 Å². The summed E-state index contributed by atoms with van der Waals surface area (Å²) in [6, 6.07) is 22.6. The minimum absolute atomic E-state index is 0.153. The van der Waals surface area contributed by atoms with E-state index in [4.69, 9.17) is 4.74 Å². The summed E-state index contributed by atoms with van der Waals surface area (Å²) in [6.45, 7) is 0.493. The van der Waals surface area contributed by atoms with Crippen LogP contribution in [0.1, 0.15) is 68.9 Å². The number of carbonyl (C=O) groups excluding carboxylic acids is 4. The fraction of sp³-hybridized carbons (Fsp3) is 0.488. The minimum Gasteiger partial charge on any atom is -0.495 e. The third kappa shape index (κ3) is 10.3. The third-order valence-electron chi connectivity index (χ3n) is 11.2. The maximum Gasteiger partial charge on any atom is 0.408 e. The molecule has 0 radical (unpaired) electrons. The van der Waals surface area contributed by atoms with Crippen LogP contribution in [0.15, 0.2) is 84.9 Å². The Balaban J connectivity index is 1.21. The summed E-state index contributed by atoms with van der Waals surface area (Å²) in [5.74, 6) is -1.89. The highest BCUT2D eigenvalue weighted by molar-refractivity contribution is 7.99. The van der Waals surface area contributed by atoms with Crippen molar-refractivity contribution in [3.8, 4) is 5.75 Å². The first-order chi connectivity index (χ1) is 27.0. The number of methoxy groups -OCH3 is 1. The standard InChI is InChI=1S/C43H51F3N4O5S/c1-55-36-19-9-8-18-35(36)49-25-11-10-17-33(41(49)53)47-39(51)31(27-29-13-4-2-5-14-29)22-23-32(28-30-15-6-3-7-16-30)40(52)48-34-24-26-56-38-21-12-20-37(43(44,45)46)50(38)42(34)54/h2-9,13-16,18-19,31-34,37-38H,10-12,17,20-28H2,1H3,(H,47,51)(H,48,52). The monoisotopic (exact) mass is 792 g/mol. The van der Waals surface area contributed by atoms with Crippen LogP contribution in [0.25, 0.3) is 0 Å². The number of piperidine rings is 1. The number of nitrogens with one attached hydrogen (secondary N) is 2. The topological polar surface area (TPSA) is 108 Å². The zero-order valence-electron chi connectivity index (χ0n) is 31.7. The second-order valence-electron chi connectivity index (χ2n) is 15.0. The van der Waals surface area contributed by atoms with E-state index in [1.54, 1.807) is 18.1 Å². The normalized spacial score (nSPS) is 22.9. The molecule has 3 fully saturated rings. The van der Waals surface area contributed by atoms with E-state index in [2.05, 4.69) is 10.6 Å². The number of rotatable bonds is 13. The Morgan fingerprint density at radius 1 is 0.750 bits per heavy atom. The fourth-order valence-corrected chi connectivity index (χ4v) is 9.59. The molecule has 3 heterocycles. The number of ether oxygens (including phenoxy) is 1. The number of hydrogen-bond donors (Lipinski definition) is 2. The smallest absolute Gasteiger partial charge is 0.408 e. The molecule has 6 atom stereocenters. The lowest BCUT2D eigenvalue weighted by Crippen LogP contribution is -2.59. The molecule has 2 N–H and O–H groups in total. The van der Waals surface area contributed by atoms with Crippen LogP contribution in [0.5, 0.6) is 5.75 Å². The van der Waals surface area contributed by atoms with Gasteiger partial charge in [0.25, 0.3) is 0 Å². The van der Waals surface area contributed by atoms with Gasteiger partial charge in [0.2, 0.25) is 23.6 Å². The second-order valence-corrected chi connectivity index (χ2v) is 16.3. The average Bonchev–Trinajstić information content (AvgIpc) is 3.48. The number of nitrogens with zero attached hydrogens (tertiary/aromatic N) is 2. The maximum absolute atomic E-state index is 14.3. The van der Waals surface area contributed by atoms with Gasteiger partial charge in [0.1, 0.15) is 23.9 Å². The van der Waals surface area contributed by atoms with Crippen LogP contribution in [0.4, 0.5) is 18.9 Å². The number of fused-ring (bicyclic) bond motifs is 1. The van der Waals surface area contributed by atoms with Gasteiger partial charge in [-0.3, -0.25) is 19.2 Å². The number of benzene rings is 3. The number of amides is 4. The molecule has 3 aliphatic rings. The molecule has 6 unspecified atom stereocenters. The lowest BCUT2D eigenvalue weighted by Gasteiger charge is -2.42. The molecule has 0 aromatic heterocycles. The van der Waals surface area contributed by atoms with Gasteiger partial charge in [-0.25, -0.2) is 0 Å². The van der Waals surface area contributed by atoms with E-state index in [1.165, 1.54) is 11.8 Å². The number of thioether (sulfide) groups is 1. The van der Waals surface area contributed by atoms with Gasteiger partial charge < -0.3 is 25.2 Å². The summed E-state index contributed by atoms with van der Waals surface area (Å²) in [5.41, 5.74) is 2.46. The molecule has 6 rings (SSSR count). The lowest BCUT2D eigenvalue weighted by molar-refractivity contribution is -0.198. The summed E-state index contributed by atoms with van der Waals surface area (Å²) in [4.78, 5) is 58.9. The predicted molar refractivity (Wildman–Crippen MR) is 211 cm³/mol. The van der Waals surface area contributed by atoms with Crippen molar-refractivity contribution in [2.75, 3.05) is 24.3 Å². The van der Waals surface area contributed by atoms with Crippen molar-refractivity contribution < 1.29 is 37.1 Å². The molecule has 0 spiro atoms. The second kappa shape index (κ2) is 19.1. The van der Waals surface area contributed by atoms with E-state index < -0.39 is 53.3 Å². The van der Waals surface area contributed by atoms with Gasteiger partial charge in [0.15, 0.2) is 0 Å². The van der Waals surface area contributed by atoms with Crippen molar-refractivity contribution in [2.45, 2.75) is 100 Å². The summed E-state index contributed by atoms with van der Waals surface area (Å²) in [5, 5.41) is 5.37. The third-order valence-corrected chi connectivity index (χ3v) is 12.5. The molecule has 9 nitrogen and oxygen atoms in total. The molecular formula is C43H51F3N4O5S. The van der Waals surface area contributed by atoms with E-state index in [9.17, 15) is 32.3 Å². The van der Waals surface area contributed by atoms with Gasteiger partial charge in [-0.15, -0.1) is 11.8 Å². The van der Waals surface area contributed by atoms with E-state index in [1.807, 2.05) is 78.9 Å². The molecule has 0 bridgehead atoms. The largest absolute Gasteiger partial charge is 0.495 e. The Morgan fingerprint density at radius 2 is 1.32 bits per heavy atom. The van der Waals surface area contributed by atoms with Gasteiger partial charge in [0, 0.05) is 18.4 Å².